The normalized spacial score (nSPS) is 10.2. The number of nitriles is 1. The summed E-state index contributed by atoms with van der Waals surface area (Å²) in [5.74, 6) is 0.416. The van der Waals surface area contributed by atoms with E-state index in [1.165, 1.54) is 23.9 Å². The summed E-state index contributed by atoms with van der Waals surface area (Å²) in [6, 6.07) is 12.0. The predicted molar refractivity (Wildman–Crippen MR) is 76.3 cm³/mol. The Bertz CT molecular complexity index is 647. The number of nitrogens with zero attached hydrogens (tertiary/aromatic N) is 1. The first kappa shape index (κ1) is 13.4. The van der Waals surface area contributed by atoms with Crippen LogP contribution < -0.4 is 5.73 Å². The van der Waals surface area contributed by atoms with Crippen molar-refractivity contribution in [1.82, 2.24) is 0 Å². The molecule has 2 nitrogen and oxygen atoms in total. The molecule has 0 aromatic heterocycles. The van der Waals surface area contributed by atoms with Gasteiger partial charge in [-0.3, -0.25) is 0 Å². The predicted octanol–water partition coefficient (Wildman–Crippen LogP) is 3.88. The topological polar surface area (TPSA) is 49.8 Å². The molecule has 0 saturated heterocycles. The minimum absolute atomic E-state index is 0.284. The van der Waals surface area contributed by atoms with Crippen LogP contribution in [0, 0.1) is 24.1 Å². The number of nitrogen functional groups attached to an aromatic ring is 1. The van der Waals surface area contributed by atoms with Crippen LogP contribution in [0.2, 0.25) is 0 Å². The Balaban J connectivity index is 2.15. The van der Waals surface area contributed by atoms with Crippen LogP contribution in [0.1, 0.15) is 16.7 Å². The quantitative estimate of drug-likeness (QED) is 0.681. The maximum absolute atomic E-state index is 13.1. The lowest BCUT2D eigenvalue weighted by molar-refractivity contribution is 0.624. The van der Waals surface area contributed by atoms with E-state index in [1.807, 2.05) is 19.1 Å². The maximum atomic E-state index is 13.1. The lowest BCUT2D eigenvalue weighted by Gasteiger charge is -2.08. The largest absolute Gasteiger partial charge is 0.398 e. The third kappa shape index (κ3) is 3.27. The average Bonchev–Trinajstić information content (AvgIpc) is 2.40. The smallest absolute Gasteiger partial charge is 0.124 e. The fourth-order valence-corrected chi connectivity index (χ4v) is 2.78. The SMILES string of the molecule is Cc1cc(C#N)ccc1CSc1cc(F)ccc1N. The molecule has 0 heterocycles. The van der Waals surface area contributed by atoms with Crippen molar-refractivity contribution < 1.29 is 4.39 Å². The van der Waals surface area contributed by atoms with E-state index in [4.69, 9.17) is 11.0 Å². The van der Waals surface area contributed by atoms with Crippen LogP contribution in [0.5, 0.6) is 0 Å². The number of benzene rings is 2. The summed E-state index contributed by atoms with van der Waals surface area (Å²) in [6.45, 7) is 1.96. The van der Waals surface area contributed by atoms with E-state index in [9.17, 15) is 4.39 Å². The first-order valence-corrected chi connectivity index (χ1v) is 6.76. The monoisotopic (exact) mass is 272 g/mol. The summed E-state index contributed by atoms with van der Waals surface area (Å²) in [6.07, 6.45) is 0. The number of anilines is 1. The maximum Gasteiger partial charge on any atom is 0.124 e. The molecule has 19 heavy (non-hydrogen) atoms. The van der Waals surface area contributed by atoms with Gasteiger partial charge >= 0.3 is 0 Å². The van der Waals surface area contributed by atoms with Crippen LogP contribution in [0.4, 0.5) is 10.1 Å². The summed E-state index contributed by atoms with van der Waals surface area (Å²) in [5.41, 5.74) is 9.21. The van der Waals surface area contributed by atoms with E-state index in [2.05, 4.69) is 6.07 Å². The van der Waals surface area contributed by atoms with Gasteiger partial charge in [0.25, 0.3) is 0 Å². The number of thioether (sulfide) groups is 1. The van der Waals surface area contributed by atoms with Gasteiger partial charge in [0, 0.05) is 16.3 Å². The van der Waals surface area contributed by atoms with Crippen molar-refractivity contribution in [3.63, 3.8) is 0 Å². The highest BCUT2D eigenvalue weighted by molar-refractivity contribution is 7.98. The summed E-state index contributed by atoms with van der Waals surface area (Å²) in [7, 11) is 0. The molecule has 0 radical (unpaired) electrons. The molecule has 96 valence electrons. The molecule has 0 atom stereocenters. The average molecular weight is 272 g/mol. The molecule has 2 N–H and O–H groups in total. The minimum Gasteiger partial charge on any atom is -0.398 e. The Kier molecular flexibility index (Phi) is 4.08. The van der Waals surface area contributed by atoms with Gasteiger partial charge < -0.3 is 5.73 Å². The van der Waals surface area contributed by atoms with Crippen LogP contribution in [-0.4, -0.2) is 0 Å². The lowest BCUT2D eigenvalue weighted by atomic mass is 10.1. The van der Waals surface area contributed by atoms with Crippen molar-refractivity contribution in [2.75, 3.05) is 5.73 Å². The summed E-state index contributed by atoms with van der Waals surface area (Å²) in [4.78, 5) is 0.740. The van der Waals surface area contributed by atoms with Crippen LogP contribution in [0.25, 0.3) is 0 Å². The Morgan fingerprint density at radius 1 is 1.26 bits per heavy atom. The van der Waals surface area contributed by atoms with Crippen molar-refractivity contribution in [2.24, 2.45) is 0 Å². The van der Waals surface area contributed by atoms with Crippen LogP contribution in [0.3, 0.4) is 0 Å². The Morgan fingerprint density at radius 3 is 2.74 bits per heavy atom. The fourth-order valence-electron chi connectivity index (χ4n) is 1.72. The number of hydrogen-bond donors (Lipinski definition) is 1. The van der Waals surface area contributed by atoms with Crippen LogP contribution in [0.15, 0.2) is 41.3 Å². The molecule has 0 unspecified atom stereocenters. The van der Waals surface area contributed by atoms with E-state index >= 15 is 0 Å². The van der Waals surface area contributed by atoms with Crippen LogP contribution >= 0.6 is 11.8 Å². The highest BCUT2D eigenvalue weighted by Gasteiger charge is 2.05. The Hall–Kier alpha value is -1.99. The van der Waals surface area contributed by atoms with Gasteiger partial charge in [0.15, 0.2) is 0 Å². The second-order valence-corrected chi connectivity index (χ2v) is 5.24. The van der Waals surface area contributed by atoms with E-state index in [0.717, 1.165) is 16.0 Å². The highest BCUT2D eigenvalue weighted by Crippen LogP contribution is 2.29. The third-order valence-electron chi connectivity index (χ3n) is 2.83. The first-order chi connectivity index (χ1) is 9.10. The van der Waals surface area contributed by atoms with Gasteiger partial charge in [0.05, 0.1) is 11.6 Å². The molecule has 0 aliphatic heterocycles. The molecule has 0 fully saturated rings. The first-order valence-electron chi connectivity index (χ1n) is 5.77. The minimum atomic E-state index is -0.284. The second-order valence-electron chi connectivity index (χ2n) is 4.22. The Morgan fingerprint density at radius 2 is 2.05 bits per heavy atom. The molecule has 0 amide bonds. The summed E-state index contributed by atoms with van der Waals surface area (Å²) >= 11 is 1.49. The molecular weight excluding hydrogens is 259 g/mol. The zero-order chi connectivity index (χ0) is 13.8. The van der Waals surface area contributed by atoms with Crippen molar-refractivity contribution in [3.8, 4) is 6.07 Å². The van der Waals surface area contributed by atoms with Crippen LogP contribution in [-0.2, 0) is 5.75 Å². The van der Waals surface area contributed by atoms with Crippen molar-refractivity contribution in [2.45, 2.75) is 17.6 Å². The third-order valence-corrected chi connectivity index (χ3v) is 3.95. The molecule has 2 rings (SSSR count). The molecule has 0 bridgehead atoms. The standard InChI is InChI=1S/C15H13FN2S/c1-10-6-11(8-17)2-3-12(10)9-19-15-7-13(16)4-5-14(15)18/h2-7H,9,18H2,1H3. The molecule has 0 aliphatic carbocycles. The number of rotatable bonds is 3. The number of hydrogen-bond acceptors (Lipinski definition) is 3. The summed E-state index contributed by atoms with van der Waals surface area (Å²) in [5, 5.41) is 8.81. The Labute approximate surface area is 116 Å². The molecule has 0 spiro atoms. The van der Waals surface area contributed by atoms with Crippen molar-refractivity contribution >= 4 is 17.4 Å². The fraction of sp³-hybridized carbons (Fsp3) is 0.133. The van der Waals surface area contributed by atoms with Crippen molar-refractivity contribution in [3.05, 3.63) is 58.9 Å². The number of halogens is 1. The van der Waals surface area contributed by atoms with Gasteiger partial charge in [0.1, 0.15) is 5.82 Å². The van der Waals surface area contributed by atoms with Gasteiger partial charge in [-0.2, -0.15) is 5.26 Å². The van der Waals surface area contributed by atoms with Gasteiger partial charge in [-0.15, -0.1) is 11.8 Å². The van der Waals surface area contributed by atoms with Crippen molar-refractivity contribution in [1.29, 1.82) is 5.26 Å². The highest BCUT2D eigenvalue weighted by atomic mass is 32.2. The lowest BCUT2D eigenvalue weighted by Crippen LogP contribution is -1.92. The zero-order valence-electron chi connectivity index (χ0n) is 10.5. The van der Waals surface area contributed by atoms with Gasteiger partial charge in [0.2, 0.25) is 0 Å². The van der Waals surface area contributed by atoms with E-state index in [0.29, 0.717) is 17.0 Å². The number of nitrogens with two attached hydrogens (primary N) is 1. The zero-order valence-corrected chi connectivity index (χ0v) is 11.3. The van der Waals surface area contributed by atoms with E-state index < -0.39 is 0 Å². The molecular formula is C15H13FN2S. The van der Waals surface area contributed by atoms with Gasteiger partial charge in [-0.1, -0.05) is 6.07 Å². The molecule has 2 aromatic rings. The van der Waals surface area contributed by atoms with Gasteiger partial charge in [-0.25, -0.2) is 4.39 Å². The van der Waals surface area contributed by atoms with Gasteiger partial charge in [-0.05, 0) is 48.4 Å². The molecule has 4 heteroatoms. The number of aryl methyl sites for hydroxylation is 1. The van der Waals surface area contributed by atoms with E-state index in [-0.39, 0.29) is 5.82 Å². The summed E-state index contributed by atoms with van der Waals surface area (Å²) < 4.78 is 13.1. The van der Waals surface area contributed by atoms with E-state index in [1.54, 1.807) is 12.1 Å². The molecule has 0 saturated carbocycles. The molecule has 2 aromatic carbocycles. The molecule has 0 aliphatic rings. The second kappa shape index (κ2) is 5.77.